The van der Waals surface area contributed by atoms with Gasteiger partial charge in [0.1, 0.15) is 5.65 Å². The third-order valence-electron chi connectivity index (χ3n) is 2.20. The number of aromatic nitrogens is 2. The Hall–Kier alpha value is -0.913. The van der Waals surface area contributed by atoms with E-state index in [0.29, 0.717) is 0 Å². The molecule has 2 aromatic rings. The molecule has 2 rings (SSSR count). The largest absolute Gasteiger partial charge is 1.00 e. The fourth-order valence-electron chi connectivity index (χ4n) is 1.66. The maximum atomic E-state index is 11.7. The second-order valence-corrected chi connectivity index (χ2v) is 4.41. The average molecular weight is 196 g/mol. The molecule has 0 N–H and O–H groups in total. The zero-order valence-corrected chi connectivity index (χ0v) is 9.61. The zero-order chi connectivity index (χ0) is 10.3. The van der Waals surface area contributed by atoms with Crippen molar-refractivity contribution in [1.29, 1.82) is 0 Å². The van der Waals surface area contributed by atoms with Crippen molar-refractivity contribution < 1.29 is 24.0 Å². The number of nitrogens with zero attached hydrogens (tertiary/aromatic N) is 2. The van der Waals surface area contributed by atoms with Gasteiger partial charge in [0.05, 0.1) is 0 Å². The van der Waals surface area contributed by atoms with E-state index in [9.17, 15) is 5.11 Å². The van der Waals surface area contributed by atoms with E-state index in [2.05, 4.69) is 4.98 Å². The van der Waals surface area contributed by atoms with Crippen LogP contribution < -0.4 is 24.0 Å². The van der Waals surface area contributed by atoms with Gasteiger partial charge in [0.2, 0.25) is 0 Å². The quantitative estimate of drug-likeness (QED) is 0.500. The fourth-order valence-corrected chi connectivity index (χ4v) is 1.66. The minimum Gasteiger partial charge on any atom is -0.860 e. The van der Waals surface area contributed by atoms with Crippen LogP contribution in [0.2, 0.25) is 0 Å². The van der Waals surface area contributed by atoms with Crippen molar-refractivity contribution >= 4 is 11.0 Å². The molecule has 0 saturated heterocycles. The summed E-state index contributed by atoms with van der Waals surface area (Å²) in [6, 6.07) is 5.38. The van der Waals surface area contributed by atoms with Gasteiger partial charge in [0, 0.05) is 17.1 Å². The molecule has 0 aliphatic rings. The first-order valence-electron chi connectivity index (χ1n) is 4.64. The Morgan fingerprint density at radius 2 is 2.00 bits per heavy atom. The third-order valence-corrected chi connectivity index (χ3v) is 2.20. The molecule has 0 aromatic carbocycles. The van der Waals surface area contributed by atoms with Crippen LogP contribution in [0.15, 0.2) is 24.4 Å². The van der Waals surface area contributed by atoms with Gasteiger partial charge in [-0.3, -0.25) is 0 Å². The predicted octanol–water partition coefficient (Wildman–Crippen LogP) is -1.13. The maximum absolute atomic E-state index is 11.7. The fraction of sp³-hybridized carbons (Fsp3) is 0.364. The summed E-state index contributed by atoms with van der Waals surface area (Å²) in [6.45, 7) is 6.01. The van der Waals surface area contributed by atoms with Crippen molar-refractivity contribution in [2.24, 2.45) is 0 Å². The first kappa shape index (κ1) is 12.2. The van der Waals surface area contributed by atoms with E-state index in [4.69, 9.17) is 0 Å². The first-order chi connectivity index (χ1) is 6.50. The number of hydrogen-bond acceptors (Lipinski definition) is 2. The van der Waals surface area contributed by atoms with Crippen LogP contribution >= 0.6 is 0 Å². The molecular formula is C11H13LiN2O. The van der Waals surface area contributed by atoms with Gasteiger partial charge >= 0.3 is 18.9 Å². The van der Waals surface area contributed by atoms with Crippen LogP contribution in [0.25, 0.3) is 11.0 Å². The van der Waals surface area contributed by atoms with Gasteiger partial charge in [-0.25, -0.2) is 4.98 Å². The molecule has 0 bridgehead atoms. The minimum atomic E-state index is -0.215. The molecule has 0 aliphatic carbocycles. The van der Waals surface area contributed by atoms with Gasteiger partial charge in [-0.2, -0.15) is 0 Å². The van der Waals surface area contributed by atoms with Gasteiger partial charge in [-0.05, 0) is 44.9 Å². The van der Waals surface area contributed by atoms with Crippen molar-refractivity contribution in [2.45, 2.75) is 26.3 Å². The van der Waals surface area contributed by atoms with Gasteiger partial charge in [-0.1, -0.05) is 0 Å². The molecule has 0 fully saturated rings. The van der Waals surface area contributed by atoms with Crippen LogP contribution in [-0.2, 0) is 5.54 Å². The monoisotopic (exact) mass is 196 g/mol. The number of pyridine rings is 1. The second-order valence-electron chi connectivity index (χ2n) is 4.41. The van der Waals surface area contributed by atoms with E-state index < -0.39 is 0 Å². The van der Waals surface area contributed by atoms with E-state index in [-0.39, 0.29) is 30.3 Å². The summed E-state index contributed by atoms with van der Waals surface area (Å²) in [5.74, 6) is 0.0196. The molecule has 0 spiro atoms. The van der Waals surface area contributed by atoms with Crippen molar-refractivity contribution in [3.63, 3.8) is 0 Å². The van der Waals surface area contributed by atoms with E-state index >= 15 is 0 Å². The van der Waals surface area contributed by atoms with Crippen LogP contribution in [-0.4, -0.2) is 9.55 Å². The number of rotatable bonds is 0. The predicted molar refractivity (Wildman–Crippen MR) is 54.2 cm³/mol. The summed E-state index contributed by atoms with van der Waals surface area (Å²) in [6.07, 6.45) is 1.71. The molecule has 0 unspecified atom stereocenters. The van der Waals surface area contributed by atoms with E-state index in [1.807, 2.05) is 32.9 Å². The van der Waals surface area contributed by atoms with Gasteiger partial charge in [-0.15, -0.1) is 0 Å². The normalized spacial score (nSPS) is 11.4. The Bertz CT molecular complexity index is 471. The molecule has 0 radical (unpaired) electrons. The summed E-state index contributed by atoms with van der Waals surface area (Å²) < 4.78 is 1.72. The topological polar surface area (TPSA) is 40.9 Å². The average Bonchev–Trinajstić information content (AvgIpc) is 2.38. The molecule has 2 aromatic heterocycles. The van der Waals surface area contributed by atoms with E-state index in [0.717, 1.165) is 11.0 Å². The molecule has 0 atom stereocenters. The van der Waals surface area contributed by atoms with Crippen molar-refractivity contribution in [3.8, 4) is 5.88 Å². The molecule has 3 nitrogen and oxygen atoms in total. The van der Waals surface area contributed by atoms with Crippen LogP contribution in [0.1, 0.15) is 20.8 Å². The Balaban J connectivity index is 0.00000112. The third kappa shape index (κ3) is 2.04. The number of fused-ring (bicyclic) bond motifs is 1. The van der Waals surface area contributed by atoms with Gasteiger partial charge in [0.15, 0.2) is 0 Å². The molecule has 15 heavy (non-hydrogen) atoms. The molecule has 0 amide bonds. The molecule has 0 saturated carbocycles. The van der Waals surface area contributed by atoms with Crippen LogP contribution in [0, 0.1) is 0 Å². The summed E-state index contributed by atoms with van der Waals surface area (Å²) in [7, 11) is 0. The SMILES string of the molecule is CC(C)(C)n1c([O-])cc2cccnc21.[Li+]. The van der Waals surface area contributed by atoms with E-state index in [1.165, 1.54) is 0 Å². The minimum absolute atomic E-state index is 0. The van der Waals surface area contributed by atoms with Crippen molar-refractivity contribution in [2.75, 3.05) is 0 Å². The Morgan fingerprint density at radius 3 is 2.60 bits per heavy atom. The van der Waals surface area contributed by atoms with E-state index in [1.54, 1.807) is 16.8 Å². The second kappa shape index (κ2) is 3.92. The Morgan fingerprint density at radius 1 is 1.33 bits per heavy atom. The summed E-state index contributed by atoms with van der Waals surface area (Å²) in [5, 5.41) is 12.6. The molecule has 4 heteroatoms. The Kier molecular flexibility index (Phi) is 3.18. The van der Waals surface area contributed by atoms with Crippen molar-refractivity contribution in [3.05, 3.63) is 24.4 Å². The number of hydrogen-bond donors (Lipinski definition) is 0. The van der Waals surface area contributed by atoms with Crippen LogP contribution in [0.3, 0.4) is 0 Å². The summed E-state index contributed by atoms with van der Waals surface area (Å²) in [5.41, 5.74) is 0.553. The van der Waals surface area contributed by atoms with Gasteiger partial charge < -0.3 is 9.67 Å². The standard InChI is InChI=1S/C11H14N2O.Li/c1-11(2,3)13-9(14)7-8-5-4-6-12-10(8)13;/h4-7,14H,1-3H3;/q;+1/p-1. The molecule has 74 valence electrons. The zero-order valence-electron chi connectivity index (χ0n) is 9.61. The molecular weight excluding hydrogens is 183 g/mol. The molecule has 2 heterocycles. The maximum Gasteiger partial charge on any atom is 1.00 e. The van der Waals surface area contributed by atoms with Crippen LogP contribution in [0.5, 0.6) is 5.88 Å². The summed E-state index contributed by atoms with van der Waals surface area (Å²) >= 11 is 0. The van der Waals surface area contributed by atoms with Crippen molar-refractivity contribution in [1.82, 2.24) is 9.55 Å². The Labute approximate surface area is 101 Å². The first-order valence-corrected chi connectivity index (χ1v) is 4.64. The van der Waals surface area contributed by atoms with Crippen LogP contribution in [0.4, 0.5) is 0 Å². The molecule has 0 aliphatic heterocycles. The van der Waals surface area contributed by atoms with Gasteiger partial charge in [0.25, 0.3) is 0 Å². The summed E-state index contributed by atoms with van der Waals surface area (Å²) in [4.78, 5) is 4.23. The smallest absolute Gasteiger partial charge is 0.860 e.